The lowest BCUT2D eigenvalue weighted by molar-refractivity contribution is -0.129. The molecule has 7 heteroatoms. The van der Waals surface area contributed by atoms with E-state index in [0.717, 1.165) is 11.1 Å². The molecule has 3 N–H and O–H groups in total. The van der Waals surface area contributed by atoms with E-state index in [1.165, 1.54) is 6.92 Å². The molecule has 1 heterocycles. The van der Waals surface area contributed by atoms with E-state index in [1.54, 1.807) is 35.4 Å². The Bertz CT molecular complexity index is 939. The Kier molecular flexibility index (Phi) is 5.74. The lowest BCUT2D eigenvalue weighted by atomic mass is 9.93. The van der Waals surface area contributed by atoms with Crippen molar-refractivity contribution in [1.29, 1.82) is 0 Å². The third-order valence-electron chi connectivity index (χ3n) is 4.35. The summed E-state index contributed by atoms with van der Waals surface area (Å²) in [6.07, 6.45) is 3.68. The number of rotatable bonds is 6. The zero-order chi connectivity index (χ0) is 20.1. The average molecular weight is 379 g/mol. The largest absolute Gasteiger partial charge is 0.484 e. The van der Waals surface area contributed by atoms with Crippen LogP contribution in [0.25, 0.3) is 6.08 Å². The molecular weight excluding hydrogens is 358 g/mol. The summed E-state index contributed by atoms with van der Waals surface area (Å²) in [5.74, 6) is -0.533. The Balaban J connectivity index is 1.73. The molecule has 0 spiro atoms. The molecule has 0 aliphatic carbocycles. The smallest absolute Gasteiger partial charge is 0.255 e. The molecule has 0 fully saturated rings. The quantitative estimate of drug-likeness (QED) is 0.805. The first-order valence-electron chi connectivity index (χ1n) is 8.81. The highest BCUT2D eigenvalue weighted by molar-refractivity contribution is 5.92. The SMILES string of the molecule is CC(=O)N1C=Cc2ccccc2C1CC(=O)Nc1cccc(OCC(N)=O)c1. The fourth-order valence-corrected chi connectivity index (χ4v) is 3.12. The maximum Gasteiger partial charge on any atom is 0.255 e. The summed E-state index contributed by atoms with van der Waals surface area (Å²) >= 11 is 0. The van der Waals surface area contributed by atoms with Crippen LogP contribution in [-0.4, -0.2) is 29.2 Å². The number of carbonyl (C=O) groups is 3. The van der Waals surface area contributed by atoms with E-state index < -0.39 is 5.91 Å². The van der Waals surface area contributed by atoms with Gasteiger partial charge in [0, 0.05) is 24.9 Å². The zero-order valence-corrected chi connectivity index (χ0v) is 15.4. The van der Waals surface area contributed by atoms with Gasteiger partial charge in [-0.25, -0.2) is 0 Å². The minimum atomic E-state index is -0.581. The number of hydrogen-bond donors (Lipinski definition) is 2. The van der Waals surface area contributed by atoms with E-state index in [0.29, 0.717) is 11.4 Å². The van der Waals surface area contributed by atoms with Crippen molar-refractivity contribution in [3.63, 3.8) is 0 Å². The molecule has 3 rings (SSSR count). The first kappa shape index (κ1) is 19.2. The number of hydrogen-bond acceptors (Lipinski definition) is 4. The molecule has 1 unspecified atom stereocenters. The van der Waals surface area contributed by atoms with Gasteiger partial charge in [-0.2, -0.15) is 0 Å². The minimum Gasteiger partial charge on any atom is -0.484 e. The molecule has 0 radical (unpaired) electrons. The minimum absolute atomic E-state index is 0.104. The maximum absolute atomic E-state index is 12.6. The molecule has 0 bridgehead atoms. The number of nitrogens with two attached hydrogens (primary N) is 1. The summed E-state index contributed by atoms with van der Waals surface area (Å²) in [5.41, 5.74) is 7.51. The van der Waals surface area contributed by atoms with Crippen molar-refractivity contribution in [2.45, 2.75) is 19.4 Å². The monoisotopic (exact) mass is 379 g/mol. The number of benzene rings is 2. The normalized spacial score (nSPS) is 14.9. The van der Waals surface area contributed by atoms with Gasteiger partial charge in [0.05, 0.1) is 12.5 Å². The zero-order valence-electron chi connectivity index (χ0n) is 15.4. The number of nitrogens with zero attached hydrogens (tertiary/aromatic N) is 1. The van der Waals surface area contributed by atoms with Gasteiger partial charge in [-0.15, -0.1) is 0 Å². The lowest BCUT2D eigenvalue weighted by Crippen LogP contribution is -2.33. The van der Waals surface area contributed by atoms with Crippen molar-refractivity contribution < 1.29 is 19.1 Å². The molecule has 144 valence electrons. The van der Waals surface area contributed by atoms with Gasteiger partial charge in [-0.05, 0) is 29.3 Å². The Morgan fingerprint density at radius 3 is 2.68 bits per heavy atom. The van der Waals surface area contributed by atoms with Gasteiger partial charge in [0.25, 0.3) is 5.91 Å². The van der Waals surface area contributed by atoms with Crippen LogP contribution in [0.2, 0.25) is 0 Å². The van der Waals surface area contributed by atoms with E-state index in [-0.39, 0.29) is 30.9 Å². The van der Waals surface area contributed by atoms with Crippen LogP contribution in [0.1, 0.15) is 30.5 Å². The van der Waals surface area contributed by atoms with Crippen molar-refractivity contribution in [1.82, 2.24) is 4.90 Å². The summed E-state index contributed by atoms with van der Waals surface area (Å²) in [6, 6.07) is 14.0. The summed E-state index contributed by atoms with van der Waals surface area (Å²) < 4.78 is 5.25. The maximum atomic E-state index is 12.6. The average Bonchev–Trinajstić information content (AvgIpc) is 2.66. The Labute approximate surface area is 162 Å². The lowest BCUT2D eigenvalue weighted by Gasteiger charge is -2.32. The standard InChI is InChI=1S/C21H21N3O4/c1-14(25)24-10-9-15-5-2-3-8-18(15)19(24)12-21(27)23-16-6-4-7-17(11-16)28-13-20(22)26/h2-11,19H,12-13H2,1H3,(H2,22,26)(H,23,27). The van der Waals surface area contributed by atoms with Gasteiger partial charge in [0.1, 0.15) is 5.75 Å². The van der Waals surface area contributed by atoms with Gasteiger partial charge in [0.15, 0.2) is 6.61 Å². The number of ether oxygens (including phenoxy) is 1. The Morgan fingerprint density at radius 2 is 1.93 bits per heavy atom. The number of amides is 3. The third-order valence-corrected chi connectivity index (χ3v) is 4.35. The highest BCUT2D eigenvalue weighted by Crippen LogP contribution is 2.33. The molecule has 28 heavy (non-hydrogen) atoms. The third kappa shape index (κ3) is 4.56. The number of fused-ring (bicyclic) bond motifs is 1. The van der Waals surface area contributed by atoms with Crippen molar-refractivity contribution in [2.75, 3.05) is 11.9 Å². The summed E-state index contributed by atoms with van der Waals surface area (Å²) in [7, 11) is 0. The molecule has 1 aliphatic heterocycles. The van der Waals surface area contributed by atoms with Gasteiger partial charge in [-0.3, -0.25) is 14.4 Å². The number of carbonyl (C=O) groups excluding carboxylic acids is 3. The van der Waals surface area contributed by atoms with Gasteiger partial charge < -0.3 is 20.7 Å². The summed E-state index contributed by atoms with van der Waals surface area (Å²) in [6.45, 7) is 1.24. The first-order valence-corrected chi connectivity index (χ1v) is 8.81. The highest BCUT2D eigenvalue weighted by atomic mass is 16.5. The van der Waals surface area contributed by atoms with Crippen molar-refractivity contribution in [2.24, 2.45) is 5.73 Å². The van der Waals surface area contributed by atoms with Crippen molar-refractivity contribution >= 4 is 29.5 Å². The van der Waals surface area contributed by atoms with Crippen LogP contribution in [0.3, 0.4) is 0 Å². The van der Waals surface area contributed by atoms with Crippen LogP contribution in [-0.2, 0) is 14.4 Å². The predicted octanol–water partition coefficient (Wildman–Crippen LogP) is 2.45. The van der Waals surface area contributed by atoms with E-state index in [4.69, 9.17) is 10.5 Å². The molecule has 3 amide bonds. The highest BCUT2D eigenvalue weighted by Gasteiger charge is 2.28. The van der Waals surface area contributed by atoms with Crippen molar-refractivity contribution in [3.8, 4) is 5.75 Å². The number of anilines is 1. The van der Waals surface area contributed by atoms with E-state index in [1.807, 2.05) is 30.3 Å². The number of primary amides is 1. The van der Waals surface area contributed by atoms with Crippen LogP contribution in [0, 0.1) is 0 Å². The molecule has 2 aromatic carbocycles. The fraction of sp³-hybridized carbons (Fsp3) is 0.190. The molecule has 1 atom stereocenters. The van der Waals surface area contributed by atoms with Gasteiger partial charge in [-0.1, -0.05) is 30.3 Å². The van der Waals surface area contributed by atoms with E-state index in [9.17, 15) is 14.4 Å². The summed E-state index contributed by atoms with van der Waals surface area (Å²) in [4.78, 5) is 37.1. The van der Waals surface area contributed by atoms with Crippen molar-refractivity contribution in [3.05, 3.63) is 65.9 Å². The van der Waals surface area contributed by atoms with Crippen LogP contribution < -0.4 is 15.8 Å². The first-order chi connectivity index (χ1) is 13.4. The fourth-order valence-electron chi connectivity index (χ4n) is 3.12. The molecule has 7 nitrogen and oxygen atoms in total. The number of nitrogens with one attached hydrogen (secondary N) is 1. The van der Waals surface area contributed by atoms with Crippen LogP contribution in [0.15, 0.2) is 54.7 Å². The van der Waals surface area contributed by atoms with Gasteiger partial charge >= 0.3 is 0 Å². The molecule has 0 aromatic heterocycles. The van der Waals surface area contributed by atoms with Gasteiger partial charge in [0.2, 0.25) is 11.8 Å². The predicted molar refractivity (Wildman–Crippen MR) is 105 cm³/mol. The van der Waals surface area contributed by atoms with E-state index in [2.05, 4.69) is 5.32 Å². The molecule has 2 aromatic rings. The second-order valence-electron chi connectivity index (χ2n) is 6.42. The molecule has 0 saturated carbocycles. The second kappa shape index (κ2) is 8.39. The second-order valence-corrected chi connectivity index (χ2v) is 6.42. The molecular formula is C21H21N3O4. The molecule has 1 aliphatic rings. The molecule has 0 saturated heterocycles. The Morgan fingerprint density at radius 1 is 1.14 bits per heavy atom. The Hall–Kier alpha value is -3.61. The van der Waals surface area contributed by atoms with Crippen LogP contribution in [0.5, 0.6) is 5.75 Å². The van der Waals surface area contributed by atoms with Crippen LogP contribution >= 0.6 is 0 Å². The van der Waals surface area contributed by atoms with E-state index >= 15 is 0 Å². The topological polar surface area (TPSA) is 102 Å². The van der Waals surface area contributed by atoms with Crippen LogP contribution in [0.4, 0.5) is 5.69 Å². The summed E-state index contributed by atoms with van der Waals surface area (Å²) in [5, 5.41) is 2.81.